The van der Waals surface area contributed by atoms with E-state index in [1.165, 1.54) is 6.08 Å². The number of ether oxygens (including phenoxy) is 1. The Morgan fingerprint density at radius 3 is 2.72 bits per heavy atom. The van der Waals surface area contributed by atoms with Gasteiger partial charge in [-0.05, 0) is 43.8 Å². The number of anilines is 1. The molecule has 2 aliphatic carbocycles. The van der Waals surface area contributed by atoms with Crippen LogP contribution in [0.1, 0.15) is 48.9 Å². The van der Waals surface area contributed by atoms with Crippen molar-refractivity contribution in [3.8, 4) is 6.07 Å². The topological polar surface area (TPSA) is 126 Å². The van der Waals surface area contributed by atoms with Gasteiger partial charge in [-0.1, -0.05) is 6.08 Å². The first-order chi connectivity index (χ1) is 15.4. The lowest BCUT2D eigenvalue weighted by Crippen LogP contribution is -2.48. The minimum atomic E-state index is -1.03. The molecule has 3 aliphatic rings. The number of halogens is 1. The highest BCUT2D eigenvalue weighted by molar-refractivity contribution is 5.97. The summed E-state index contributed by atoms with van der Waals surface area (Å²) in [6.45, 7) is 1.30. The first kappa shape index (κ1) is 21.9. The quantitative estimate of drug-likeness (QED) is 0.669. The van der Waals surface area contributed by atoms with Gasteiger partial charge in [0, 0.05) is 31.4 Å². The zero-order chi connectivity index (χ0) is 22.7. The van der Waals surface area contributed by atoms with Crippen molar-refractivity contribution in [2.45, 2.75) is 50.2 Å². The van der Waals surface area contributed by atoms with Crippen LogP contribution >= 0.6 is 0 Å². The second-order valence-corrected chi connectivity index (χ2v) is 8.66. The first-order valence-corrected chi connectivity index (χ1v) is 10.9. The Bertz CT molecular complexity index is 982. The van der Waals surface area contributed by atoms with Crippen LogP contribution in [0.3, 0.4) is 0 Å². The third-order valence-corrected chi connectivity index (χ3v) is 6.28. The maximum atomic E-state index is 13.3. The Morgan fingerprint density at radius 2 is 2.12 bits per heavy atom. The molecular weight excluding hydrogens is 415 g/mol. The molecule has 1 atom stereocenters. The molecule has 3 N–H and O–H groups in total. The fourth-order valence-electron chi connectivity index (χ4n) is 4.02. The number of nitriles is 1. The van der Waals surface area contributed by atoms with Crippen molar-refractivity contribution in [3.63, 3.8) is 0 Å². The van der Waals surface area contributed by atoms with Crippen molar-refractivity contribution in [2.24, 2.45) is 11.7 Å². The van der Waals surface area contributed by atoms with Gasteiger partial charge in [-0.2, -0.15) is 10.4 Å². The van der Waals surface area contributed by atoms with Crippen LogP contribution in [0.15, 0.2) is 30.1 Å². The molecule has 10 heteroatoms. The molecule has 0 spiro atoms. The van der Waals surface area contributed by atoms with Gasteiger partial charge < -0.3 is 20.7 Å². The summed E-state index contributed by atoms with van der Waals surface area (Å²) in [6.07, 6.45) is 8.50. The molecule has 0 radical (unpaired) electrons. The summed E-state index contributed by atoms with van der Waals surface area (Å²) in [6, 6.07) is 2.22. The van der Waals surface area contributed by atoms with Gasteiger partial charge in [0.2, 0.25) is 0 Å². The molecule has 170 valence electrons. The lowest BCUT2D eigenvalue weighted by molar-refractivity contribution is 0.0631. The second-order valence-electron chi connectivity index (χ2n) is 8.66. The summed E-state index contributed by atoms with van der Waals surface area (Å²) >= 11 is 0. The minimum Gasteiger partial charge on any atom is -0.449 e. The Hall–Kier alpha value is -3.35. The number of nitrogens with one attached hydrogen (secondary N) is 1. The molecule has 1 saturated heterocycles. The van der Waals surface area contributed by atoms with Crippen LogP contribution in [-0.4, -0.2) is 52.5 Å². The fourth-order valence-corrected chi connectivity index (χ4v) is 4.02. The van der Waals surface area contributed by atoms with Crippen molar-refractivity contribution in [1.82, 2.24) is 14.7 Å². The van der Waals surface area contributed by atoms with Crippen LogP contribution in [0.4, 0.5) is 15.0 Å². The highest BCUT2D eigenvalue weighted by Crippen LogP contribution is 2.35. The minimum absolute atomic E-state index is 0.170. The highest BCUT2D eigenvalue weighted by Gasteiger charge is 2.40. The van der Waals surface area contributed by atoms with Gasteiger partial charge in [-0.15, -0.1) is 0 Å². The van der Waals surface area contributed by atoms with Crippen LogP contribution in [-0.2, 0) is 10.3 Å². The molecular formula is C22H27FN6O3. The molecule has 1 aliphatic heterocycles. The summed E-state index contributed by atoms with van der Waals surface area (Å²) in [5.74, 6) is 0.0959. The number of aromatic nitrogens is 2. The molecule has 2 fully saturated rings. The van der Waals surface area contributed by atoms with Crippen molar-refractivity contribution in [1.29, 1.82) is 5.26 Å². The number of rotatable bonds is 7. The van der Waals surface area contributed by atoms with Crippen molar-refractivity contribution in [3.05, 3.63) is 35.7 Å². The second kappa shape index (κ2) is 9.02. The summed E-state index contributed by atoms with van der Waals surface area (Å²) < 4.78 is 20.3. The number of carbonyl (C=O) groups is 2. The Labute approximate surface area is 185 Å². The molecule has 1 aromatic rings. The van der Waals surface area contributed by atoms with Gasteiger partial charge in [0.05, 0.1) is 24.6 Å². The maximum Gasteiger partial charge on any atom is 0.409 e. The molecule has 0 bridgehead atoms. The van der Waals surface area contributed by atoms with Crippen LogP contribution < -0.4 is 11.1 Å². The van der Waals surface area contributed by atoms with Gasteiger partial charge in [0.1, 0.15) is 11.7 Å². The SMILES string of the molecule is N#CCC1(n2cc(C(N)=O)c(NC3=CCC(F)C=C3)n2)CCN(C(=O)OCC2CC2)CC1. The average Bonchev–Trinajstić information content (AvgIpc) is 3.51. The fraction of sp³-hybridized carbons (Fsp3) is 0.545. The lowest BCUT2D eigenvalue weighted by Gasteiger charge is -2.40. The average molecular weight is 442 g/mol. The molecule has 1 unspecified atom stereocenters. The molecule has 1 aromatic heterocycles. The van der Waals surface area contributed by atoms with Crippen LogP contribution in [0.2, 0.25) is 0 Å². The van der Waals surface area contributed by atoms with Crippen molar-refractivity contribution >= 4 is 17.8 Å². The van der Waals surface area contributed by atoms with Gasteiger partial charge >= 0.3 is 6.09 Å². The van der Waals surface area contributed by atoms with E-state index in [0.29, 0.717) is 44.2 Å². The van der Waals surface area contributed by atoms with Gasteiger partial charge in [0.15, 0.2) is 5.82 Å². The smallest absolute Gasteiger partial charge is 0.409 e. The number of primary amides is 1. The largest absolute Gasteiger partial charge is 0.449 e. The number of nitrogens with two attached hydrogens (primary N) is 1. The summed E-state index contributed by atoms with van der Waals surface area (Å²) in [4.78, 5) is 26.0. The van der Waals surface area contributed by atoms with Crippen LogP contribution in [0.25, 0.3) is 0 Å². The number of likely N-dealkylation sites (tertiary alicyclic amines) is 1. The normalized spacial score (nSPS) is 22.1. The zero-order valence-corrected chi connectivity index (χ0v) is 17.8. The van der Waals surface area contributed by atoms with E-state index in [2.05, 4.69) is 16.5 Å². The third kappa shape index (κ3) is 4.77. The third-order valence-electron chi connectivity index (χ3n) is 6.28. The summed E-state index contributed by atoms with van der Waals surface area (Å²) in [5.41, 5.74) is 5.69. The number of carbonyl (C=O) groups excluding carboxylic acids is 2. The number of piperidine rings is 1. The molecule has 4 rings (SSSR count). The van der Waals surface area contributed by atoms with E-state index >= 15 is 0 Å². The number of nitrogens with zero attached hydrogens (tertiary/aromatic N) is 4. The van der Waals surface area contributed by atoms with Crippen LogP contribution in [0, 0.1) is 17.2 Å². The van der Waals surface area contributed by atoms with E-state index in [-0.39, 0.29) is 30.3 Å². The van der Waals surface area contributed by atoms with Gasteiger partial charge in [-0.25, -0.2) is 9.18 Å². The number of hydrogen-bond acceptors (Lipinski definition) is 6. The zero-order valence-electron chi connectivity index (χ0n) is 17.8. The summed E-state index contributed by atoms with van der Waals surface area (Å²) in [5, 5.41) is 17.1. The Morgan fingerprint density at radius 1 is 1.38 bits per heavy atom. The highest BCUT2D eigenvalue weighted by atomic mass is 19.1. The molecule has 9 nitrogen and oxygen atoms in total. The van der Waals surface area contributed by atoms with Crippen LogP contribution in [0.5, 0.6) is 0 Å². The molecule has 2 heterocycles. The van der Waals surface area contributed by atoms with E-state index in [4.69, 9.17) is 10.5 Å². The molecule has 32 heavy (non-hydrogen) atoms. The van der Waals surface area contributed by atoms with Crippen molar-refractivity contribution < 1.29 is 18.7 Å². The van der Waals surface area contributed by atoms with E-state index in [9.17, 15) is 19.2 Å². The van der Waals surface area contributed by atoms with E-state index in [0.717, 1.165) is 12.8 Å². The maximum absolute atomic E-state index is 13.3. The first-order valence-electron chi connectivity index (χ1n) is 10.9. The molecule has 1 saturated carbocycles. The molecule has 2 amide bonds. The predicted octanol–water partition coefficient (Wildman–Crippen LogP) is 2.83. The Kier molecular flexibility index (Phi) is 6.17. The predicted molar refractivity (Wildman–Crippen MR) is 114 cm³/mol. The van der Waals surface area contributed by atoms with E-state index < -0.39 is 17.6 Å². The van der Waals surface area contributed by atoms with Crippen molar-refractivity contribution in [2.75, 3.05) is 25.0 Å². The lowest BCUT2D eigenvalue weighted by atomic mass is 9.85. The summed E-state index contributed by atoms with van der Waals surface area (Å²) in [7, 11) is 0. The van der Waals surface area contributed by atoms with Gasteiger partial charge in [-0.3, -0.25) is 9.48 Å². The van der Waals surface area contributed by atoms with E-state index in [1.807, 2.05) is 0 Å². The number of hydrogen-bond donors (Lipinski definition) is 2. The Balaban J connectivity index is 1.50. The standard InChI is InChI=1S/C22H27FN6O3/c23-16-3-5-17(6-4-16)26-20-18(19(25)30)13-29(27-20)22(7-10-24)8-11-28(12-9-22)21(31)32-14-15-1-2-15/h3,5-6,13,15-16H,1-2,4,7-9,11-12,14H2,(H2,25,30)(H,26,27). The monoisotopic (exact) mass is 442 g/mol. The number of allylic oxidation sites excluding steroid dienone is 3. The van der Waals surface area contributed by atoms with E-state index in [1.54, 1.807) is 27.9 Å². The number of alkyl halides is 1. The van der Waals surface area contributed by atoms with Gasteiger partial charge in [0.25, 0.3) is 5.91 Å². The molecule has 0 aromatic carbocycles. The number of amides is 2.